The van der Waals surface area contributed by atoms with E-state index >= 15 is 0 Å². The second-order valence-electron chi connectivity index (χ2n) is 8.47. The molecule has 0 atom stereocenters. The second kappa shape index (κ2) is 9.96. The van der Waals surface area contributed by atoms with Crippen molar-refractivity contribution in [2.24, 2.45) is 0 Å². The fourth-order valence-electron chi connectivity index (χ4n) is 4.82. The van der Waals surface area contributed by atoms with Gasteiger partial charge in [-0.3, -0.25) is 4.79 Å². The van der Waals surface area contributed by atoms with Crippen molar-refractivity contribution in [1.82, 2.24) is 10.6 Å². The third-order valence-corrected chi connectivity index (χ3v) is 6.66. The molecule has 1 saturated carbocycles. The number of halogens is 2. The third kappa shape index (κ3) is 4.56. The Morgan fingerprint density at radius 2 is 1.97 bits per heavy atom. The van der Waals surface area contributed by atoms with E-state index in [0.717, 1.165) is 37.7 Å². The molecule has 35 heavy (non-hydrogen) atoms. The van der Waals surface area contributed by atoms with Crippen LogP contribution in [0.3, 0.4) is 0 Å². The first-order valence-electron chi connectivity index (χ1n) is 11.7. The summed E-state index contributed by atoms with van der Waals surface area (Å²) in [4.78, 5) is 25.2. The Balaban J connectivity index is 0.00000141. The van der Waals surface area contributed by atoms with E-state index in [2.05, 4.69) is 16.0 Å². The summed E-state index contributed by atoms with van der Waals surface area (Å²) in [5, 5.41) is 18.5. The van der Waals surface area contributed by atoms with Crippen molar-refractivity contribution in [3.8, 4) is 6.07 Å². The molecule has 3 N–H and O–H groups in total. The van der Waals surface area contributed by atoms with E-state index in [9.17, 15) is 14.0 Å². The molecule has 9 heteroatoms. The van der Waals surface area contributed by atoms with Crippen molar-refractivity contribution >= 4 is 40.2 Å². The van der Waals surface area contributed by atoms with Crippen molar-refractivity contribution in [2.75, 3.05) is 5.32 Å². The first-order valence-corrected chi connectivity index (χ1v) is 12.1. The number of nitrogens with zero attached hydrogens (tertiary/aromatic N) is 1. The molecule has 2 aliphatic rings. The SMILES string of the molecule is CC.N#Cc1ccc(CNC(=O)c2cc3cc(Cl)c4c(c3o2)C2(CCCCC2)NC(=O)N4)cc1F. The topological polar surface area (TPSA) is 107 Å². The lowest BCUT2D eigenvalue weighted by Gasteiger charge is -2.42. The van der Waals surface area contributed by atoms with Gasteiger partial charge in [-0.1, -0.05) is 50.8 Å². The van der Waals surface area contributed by atoms with Gasteiger partial charge in [-0.2, -0.15) is 5.26 Å². The summed E-state index contributed by atoms with van der Waals surface area (Å²) in [5.41, 5.74) is 1.68. The highest BCUT2D eigenvalue weighted by Crippen LogP contribution is 2.48. The number of furan rings is 1. The van der Waals surface area contributed by atoms with E-state index in [1.165, 1.54) is 12.1 Å². The predicted octanol–water partition coefficient (Wildman–Crippen LogP) is 6.35. The smallest absolute Gasteiger partial charge is 0.319 e. The molecule has 1 aliphatic heterocycles. The highest BCUT2D eigenvalue weighted by Gasteiger charge is 2.43. The average Bonchev–Trinajstić information content (AvgIpc) is 3.28. The summed E-state index contributed by atoms with van der Waals surface area (Å²) in [6.45, 7) is 4.07. The molecule has 5 rings (SSSR count). The van der Waals surface area contributed by atoms with Crippen LogP contribution >= 0.6 is 11.6 Å². The van der Waals surface area contributed by atoms with Gasteiger partial charge in [0.2, 0.25) is 0 Å². The molecule has 1 aliphatic carbocycles. The Hall–Kier alpha value is -3.57. The number of hydrogen-bond acceptors (Lipinski definition) is 4. The van der Waals surface area contributed by atoms with E-state index in [4.69, 9.17) is 21.3 Å². The molecule has 3 aromatic rings. The van der Waals surface area contributed by atoms with Crippen LogP contribution in [0, 0.1) is 17.1 Å². The summed E-state index contributed by atoms with van der Waals surface area (Å²) in [6, 6.07) is 8.92. The molecule has 182 valence electrons. The number of carbonyl (C=O) groups excluding carboxylic acids is 2. The highest BCUT2D eigenvalue weighted by molar-refractivity contribution is 6.35. The van der Waals surface area contributed by atoms with E-state index in [0.29, 0.717) is 27.2 Å². The zero-order valence-corrected chi connectivity index (χ0v) is 20.3. The number of anilines is 1. The van der Waals surface area contributed by atoms with Crippen LogP contribution in [0.1, 0.15) is 73.2 Å². The highest BCUT2D eigenvalue weighted by atomic mass is 35.5. The van der Waals surface area contributed by atoms with Gasteiger partial charge in [-0.25, -0.2) is 9.18 Å². The van der Waals surface area contributed by atoms with Gasteiger partial charge in [0, 0.05) is 17.5 Å². The lowest BCUT2D eigenvalue weighted by atomic mass is 9.74. The summed E-state index contributed by atoms with van der Waals surface area (Å²) in [6.07, 6.45) is 4.53. The normalized spacial score (nSPS) is 15.8. The minimum atomic E-state index is -0.637. The van der Waals surface area contributed by atoms with Crippen molar-refractivity contribution in [3.05, 3.63) is 63.6 Å². The first-order chi connectivity index (χ1) is 16.9. The van der Waals surface area contributed by atoms with Crippen LogP contribution in [0.15, 0.2) is 34.7 Å². The minimum Gasteiger partial charge on any atom is -0.450 e. The van der Waals surface area contributed by atoms with Crippen molar-refractivity contribution in [1.29, 1.82) is 5.26 Å². The van der Waals surface area contributed by atoms with Crippen LogP contribution in [0.4, 0.5) is 14.9 Å². The Morgan fingerprint density at radius 1 is 1.23 bits per heavy atom. The predicted molar refractivity (Wildman–Crippen MR) is 132 cm³/mol. The standard InChI is InChI=1S/C24H20ClFN4O3.C2H6/c25-16-9-15-10-18(22(31)28-12-13-4-5-14(11-27)17(26)8-13)33-21(15)19-20(16)29-23(32)30-24(19)6-2-1-3-7-24;1-2/h4-5,8-10H,1-3,6-7,12H2,(H,28,31)(H2,29,30,32);1-2H3. The quantitative estimate of drug-likeness (QED) is 0.392. The van der Waals surface area contributed by atoms with Crippen LogP contribution in [0.5, 0.6) is 0 Å². The minimum absolute atomic E-state index is 0.0543. The zero-order chi connectivity index (χ0) is 25.2. The zero-order valence-electron chi connectivity index (χ0n) is 19.6. The van der Waals surface area contributed by atoms with Gasteiger partial charge < -0.3 is 20.4 Å². The van der Waals surface area contributed by atoms with Crippen LogP contribution in [-0.4, -0.2) is 11.9 Å². The number of hydrogen-bond donors (Lipinski definition) is 3. The lowest BCUT2D eigenvalue weighted by molar-refractivity contribution is 0.0925. The molecule has 0 unspecified atom stereocenters. The van der Waals surface area contributed by atoms with Crippen molar-refractivity contribution < 1.29 is 18.4 Å². The van der Waals surface area contributed by atoms with E-state index in [1.807, 2.05) is 13.8 Å². The number of rotatable bonds is 3. The molecule has 0 radical (unpaired) electrons. The van der Waals surface area contributed by atoms with Gasteiger partial charge in [0.25, 0.3) is 5.91 Å². The summed E-state index contributed by atoms with van der Waals surface area (Å²) in [7, 11) is 0. The molecular formula is C26H26ClFN4O3. The van der Waals surface area contributed by atoms with Gasteiger partial charge in [0.15, 0.2) is 5.76 Å². The molecule has 0 bridgehead atoms. The summed E-state index contributed by atoms with van der Waals surface area (Å²) < 4.78 is 19.9. The van der Waals surface area contributed by atoms with Gasteiger partial charge in [-0.05, 0) is 42.7 Å². The van der Waals surface area contributed by atoms with Crippen LogP contribution in [0.25, 0.3) is 11.0 Å². The van der Waals surface area contributed by atoms with Gasteiger partial charge in [0.05, 0.1) is 21.8 Å². The Bertz CT molecular complexity index is 1340. The molecule has 1 spiro atoms. The third-order valence-electron chi connectivity index (χ3n) is 6.37. The number of nitriles is 1. The van der Waals surface area contributed by atoms with E-state index in [-0.39, 0.29) is 23.9 Å². The van der Waals surface area contributed by atoms with Crippen molar-refractivity contribution in [3.63, 3.8) is 0 Å². The number of fused-ring (bicyclic) bond motifs is 4. The molecule has 1 fully saturated rings. The largest absolute Gasteiger partial charge is 0.450 e. The van der Waals surface area contributed by atoms with Crippen LogP contribution < -0.4 is 16.0 Å². The number of carbonyl (C=O) groups is 2. The maximum Gasteiger partial charge on any atom is 0.319 e. The number of benzene rings is 2. The molecule has 2 aromatic carbocycles. The van der Waals surface area contributed by atoms with Crippen LogP contribution in [0.2, 0.25) is 5.02 Å². The van der Waals surface area contributed by atoms with Gasteiger partial charge in [-0.15, -0.1) is 0 Å². The Labute approximate surface area is 207 Å². The molecule has 1 aromatic heterocycles. The maximum absolute atomic E-state index is 13.8. The fourth-order valence-corrected chi connectivity index (χ4v) is 5.08. The number of urea groups is 1. The lowest BCUT2D eigenvalue weighted by Crippen LogP contribution is -2.52. The molecule has 3 amide bonds. The maximum atomic E-state index is 13.8. The van der Waals surface area contributed by atoms with Gasteiger partial charge >= 0.3 is 6.03 Å². The van der Waals surface area contributed by atoms with E-state index < -0.39 is 17.3 Å². The fraction of sp³-hybridized carbons (Fsp3) is 0.346. The average molecular weight is 497 g/mol. The van der Waals surface area contributed by atoms with Crippen molar-refractivity contribution in [2.45, 2.75) is 58.0 Å². The monoisotopic (exact) mass is 496 g/mol. The molecular weight excluding hydrogens is 471 g/mol. The van der Waals surface area contributed by atoms with Crippen LogP contribution in [-0.2, 0) is 12.1 Å². The Kier molecular flexibility index (Phi) is 6.99. The molecule has 0 saturated heterocycles. The first kappa shape index (κ1) is 24.6. The number of nitrogens with one attached hydrogen (secondary N) is 3. The van der Waals surface area contributed by atoms with Gasteiger partial charge in [0.1, 0.15) is 17.5 Å². The van der Waals surface area contributed by atoms with E-state index in [1.54, 1.807) is 24.3 Å². The number of amides is 3. The molecule has 7 nitrogen and oxygen atoms in total. The molecule has 2 heterocycles. The second-order valence-corrected chi connectivity index (χ2v) is 8.88. The Morgan fingerprint density at radius 3 is 2.66 bits per heavy atom. The summed E-state index contributed by atoms with van der Waals surface area (Å²) >= 11 is 6.52. The summed E-state index contributed by atoms with van der Waals surface area (Å²) in [5.74, 6) is -1.01.